The van der Waals surface area contributed by atoms with Gasteiger partial charge >= 0.3 is 0 Å². The quantitative estimate of drug-likeness (QED) is 0.792. The highest BCUT2D eigenvalue weighted by atomic mass is 35.5. The summed E-state index contributed by atoms with van der Waals surface area (Å²) in [5, 5.41) is 13.4. The second kappa shape index (κ2) is 6.42. The van der Waals surface area contributed by atoms with Gasteiger partial charge in [-0.2, -0.15) is 0 Å². The molecule has 3 nitrogen and oxygen atoms in total. The first-order valence-electron chi connectivity index (χ1n) is 5.45. The van der Waals surface area contributed by atoms with Crippen LogP contribution in [0.25, 0.3) is 0 Å². The fourth-order valence-corrected chi connectivity index (χ4v) is 1.66. The Balaban J connectivity index is 2.78. The van der Waals surface area contributed by atoms with Crippen molar-refractivity contribution >= 4 is 17.5 Å². The molecule has 0 aliphatic rings. The van der Waals surface area contributed by atoms with E-state index in [2.05, 4.69) is 11.9 Å². The molecule has 1 aromatic carbocycles. The van der Waals surface area contributed by atoms with Crippen LogP contribution in [-0.4, -0.2) is 17.1 Å². The van der Waals surface area contributed by atoms with Gasteiger partial charge in [0.2, 0.25) is 5.91 Å². The molecular weight excluding hydrogens is 238 g/mol. The average Bonchev–Trinajstić information content (AvgIpc) is 2.35. The Morgan fingerprint density at radius 1 is 1.53 bits per heavy atom. The molecule has 0 aliphatic carbocycles. The van der Waals surface area contributed by atoms with E-state index in [-0.39, 0.29) is 11.9 Å². The van der Waals surface area contributed by atoms with Crippen LogP contribution in [0.4, 0.5) is 0 Å². The van der Waals surface area contributed by atoms with Gasteiger partial charge in [0.1, 0.15) is 0 Å². The van der Waals surface area contributed by atoms with E-state index in [9.17, 15) is 9.90 Å². The van der Waals surface area contributed by atoms with Gasteiger partial charge in [-0.1, -0.05) is 37.2 Å². The van der Waals surface area contributed by atoms with Crippen molar-refractivity contribution in [2.75, 3.05) is 0 Å². The van der Waals surface area contributed by atoms with E-state index in [0.29, 0.717) is 11.4 Å². The zero-order valence-corrected chi connectivity index (χ0v) is 10.4. The van der Waals surface area contributed by atoms with Crippen LogP contribution in [0.5, 0.6) is 0 Å². The summed E-state index contributed by atoms with van der Waals surface area (Å²) in [6, 6.07) is 6.58. The van der Waals surface area contributed by atoms with Crippen molar-refractivity contribution in [3.05, 3.63) is 47.5 Å². The normalized spacial score (nSPS) is 13.8. The number of benzene rings is 1. The second-order valence-corrected chi connectivity index (χ2v) is 4.16. The highest BCUT2D eigenvalue weighted by molar-refractivity contribution is 6.30. The predicted molar refractivity (Wildman–Crippen MR) is 68.8 cm³/mol. The van der Waals surface area contributed by atoms with Crippen molar-refractivity contribution in [1.82, 2.24) is 5.32 Å². The monoisotopic (exact) mass is 253 g/mol. The van der Waals surface area contributed by atoms with E-state index in [4.69, 9.17) is 11.6 Å². The van der Waals surface area contributed by atoms with Gasteiger partial charge in [-0.15, -0.1) is 0 Å². The van der Waals surface area contributed by atoms with Crippen LogP contribution in [0.2, 0.25) is 5.02 Å². The first-order valence-corrected chi connectivity index (χ1v) is 5.82. The van der Waals surface area contributed by atoms with Gasteiger partial charge in [0, 0.05) is 5.02 Å². The molecule has 2 unspecified atom stereocenters. The summed E-state index contributed by atoms with van der Waals surface area (Å²) in [5.41, 5.74) is 0.727. The van der Waals surface area contributed by atoms with Gasteiger partial charge in [-0.05, 0) is 30.2 Å². The van der Waals surface area contributed by atoms with Crippen LogP contribution in [0.3, 0.4) is 0 Å². The highest BCUT2D eigenvalue weighted by Gasteiger charge is 2.20. The number of hydrogen-bond donors (Lipinski definition) is 2. The highest BCUT2D eigenvalue weighted by Crippen LogP contribution is 2.20. The minimum atomic E-state index is -0.749. The number of carbonyl (C=O) groups excluding carboxylic acids is 1. The lowest BCUT2D eigenvalue weighted by atomic mass is 10.0. The smallest absolute Gasteiger partial charge is 0.243 e. The minimum Gasteiger partial charge on any atom is -0.386 e. The number of aliphatic hydroxyl groups excluding tert-OH is 1. The van der Waals surface area contributed by atoms with Crippen LogP contribution in [0.1, 0.15) is 25.0 Å². The summed E-state index contributed by atoms with van der Waals surface area (Å²) in [5.74, 6) is -0.287. The van der Waals surface area contributed by atoms with E-state index in [1.165, 1.54) is 6.08 Å². The molecule has 0 saturated heterocycles. The lowest BCUT2D eigenvalue weighted by Gasteiger charge is -2.22. The molecule has 0 aliphatic heterocycles. The number of hydrogen-bond acceptors (Lipinski definition) is 2. The van der Waals surface area contributed by atoms with Crippen LogP contribution >= 0.6 is 11.6 Å². The summed E-state index contributed by atoms with van der Waals surface area (Å²) in [4.78, 5) is 11.2. The second-order valence-electron chi connectivity index (χ2n) is 3.72. The summed E-state index contributed by atoms with van der Waals surface area (Å²) in [6.07, 6.45) is 1.07. The van der Waals surface area contributed by atoms with Crippen LogP contribution in [0, 0.1) is 0 Å². The Morgan fingerprint density at radius 2 is 2.12 bits per heavy atom. The first-order chi connectivity index (χ1) is 8.08. The van der Waals surface area contributed by atoms with Crippen LogP contribution < -0.4 is 5.32 Å². The van der Waals surface area contributed by atoms with Gasteiger partial charge in [0.05, 0.1) is 12.1 Å². The van der Waals surface area contributed by atoms with E-state index in [1.54, 1.807) is 24.3 Å². The third-order valence-corrected chi connectivity index (χ3v) is 2.80. The topological polar surface area (TPSA) is 49.3 Å². The van der Waals surface area contributed by atoms with Crippen molar-refractivity contribution < 1.29 is 9.90 Å². The van der Waals surface area contributed by atoms with Crippen molar-refractivity contribution in [2.24, 2.45) is 0 Å². The molecule has 0 spiro atoms. The van der Waals surface area contributed by atoms with Gasteiger partial charge < -0.3 is 10.4 Å². The maximum atomic E-state index is 11.2. The Bertz CT molecular complexity index is 389. The van der Waals surface area contributed by atoms with Crippen LogP contribution in [-0.2, 0) is 4.79 Å². The molecule has 2 N–H and O–H groups in total. The largest absolute Gasteiger partial charge is 0.386 e. The average molecular weight is 254 g/mol. The number of carbonyl (C=O) groups is 1. The molecule has 0 aromatic heterocycles. The summed E-state index contributed by atoms with van der Waals surface area (Å²) >= 11 is 5.77. The molecule has 17 heavy (non-hydrogen) atoms. The first kappa shape index (κ1) is 13.7. The molecule has 0 saturated carbocycles. The lowest BCUT2D eigenvalue weighted by molar-refractivity contribution is -0.118. The molecule has 0 radical (unpaired) electrons. The third kappa shape index (κ3) is 3.88. The molecule has 4 heteroatoms. The molecule has 0 bridgehead atoms. The Hall–Kier alpha value is -1.32. The molecular formula is C13H16ClNO2. The molecule has 1 rings (SSSR count). The predicted octanol–water partition coefficient (Wildman–Crippen LogP) is 2.45. The van der Waals surface area contributed by atoms with Crippen molar-refractivity contribution in [2.45, 2.75) is 25.5 Å². The van der Waals surface area contributed by atoms with E-state index >= 15 is 0 Å². The summed E-state index contributed by atoms with van der Waals surface area (Å²) < 4.78 is 0. The Labute approximate surface area is 106 Å². The molecule has 92 valence electrons. The van der Waals surface area contributed by atoms with Crippen molar-refractivity contribution in [1.29, 1.82) is 0 Å². The molecule has 1 amide bonds. The van der Waals surface area contributed by atoms with Gasteiger partial charge in [0.25, 0.3) is 0 Å². The number of amides is 1. The SMILES string of the molecule is C=CC(=O)NC(CC)C(O)c1ccc(Cl)cc1. The summed E-state index contributed by atoms with van der Waals surface area (Å²) in [7, 11) is 0. The maximum absolute atomic E-state index is 11.2. The Morgan fingerprint density at radius 3 is 2.59 bits per heavy atom. The lowest BCUT2D eigenvalue weighted by Crippen LogP contribution is -2.37. The number of halogens is 1. The van der Waals surface area contributed by atoms with Gasteiger partial charge in [-0.25, -0.2) is 0 Å². The molecule has 2 atom stereocenters. The van der Waals surface area contributed by atoms with Crippen molar-refractivity contribution in [3.63, 3.8) is 0 Å². The Kier molecular flexibility index (Phi) is 5.19. The molecule has 0 heterocycles. The molecule has 1 aromatic rings. The maximum Gasteiger partial charge on any atom is 0.243 e. The summed E-state index contributed by atoms with van der Waals surface area (Å²) in [6.45, 7) is 5.28. The number of aliphatic hydroxyl groups is 1. The third-order valence-electron chi connectivity index (χ3n) is 2.55. The standard InChI is InChI=1S/C13H16ClNO2/c1-3-11(15-12(16)4-2)13(17)9-5-7-10(14)8-6-9/h4-8,11,13,17H,2-3H2,1H3,(H,15,16). The van der Waals surface area contributed by atoms with Gasteiger partial charge in [0.15, 0.2) is 0 Å². The van der Waals surface area contributed by atoms with Gasteiger partial charge in [-0.3, -0.25) is 4.79 Å². The number of nitrogens with one attached hydrogen (secondary N) is 1. The minimum absolute atomic E-state index is 0.287. The zero-order valence-electron chi connectivity index (χ0n) is 9.69. The number of rotatable bonds is 5. The fourth-order valence-electron chi connectivity index (χ4n) is 1.54. The van der Waals surface area contributed by atoms with E-state index in [1.807, 2.05) is 6.92 Å². The fraction of sp³-hybridized carbons (Fsp3) is 0.308. The molecule has 0 fully saturated rings. The van der Waals surface area contributed by atoms with E-state index < -0.39 is 6.10 Å². The van der Waals surface area contributed by atoms with Crippen molar-refractivity contribution in [3.8, 4) is 0 Å². The van der Waals surface area contributed by atoms with E-state index in [0.717, 1.165) is 5.56 Å². The zero-order chi connectivity index (χ0) is 12.8. The van der Waals surface area contributed by atoms with Crippen LogP contribution in [0.15, 0.2) is 36.9 Å².